The first-order valence-corrected chi connectivity index (χ1v) is 13.4. The van der Waals surface area contributed by atoms with E-state index in [1.54, 1.807) is 0 Å². The van der Waals surface area contributed by atoms with Crippen LogP contribution in [-0.2, 0) is 4.79 Å². The van der Waals surface area contributed by atoms with Crippen molar-refractivity contribution < 1.29 is 9.21 Å². The van der Waals surface area contributed by atoms with E-state index in [4.69, 9.17) is 27.6 Å². The van der Waals surface area contributed by atoms with Gasteiger partial charge in [-0.2, -0.15) is 0 Å². The zero-order chi connectivity index (χ0) is 24.3. The van der Waals surface area contributed by atoms with Crippen LogP contribution in [-0.4, -0.2) is 22.1 Å². The summed E-state index contributed by atoms with van der Waals surface area (Å²) < 4.78 is 5.91. The number of benzene rings is 2. The van der Waals surface area contributed by atoms with Gasteiger partial charge in [0.25, 0.3) is 0 Å². The highest BCUT2D eigenvalue weighted by Crippen LogP contribution is 2.60. The lowest BCUT2D eigenvalue weighted by atomic mass is 9.54. The molecule has 3 aliphatic rings. The van der Waals surface area contributed by atoms with Crippen LogP contribution in [0.5, 0.6) is 0 Å². The highest BCUT2D eigenvalue weighted by molar-refractivity contribution is 6.31. The maximum atomic E-state index is 13.2. The summed E-state index contributed by atoms with van der Waals surface area (Å²) >= 11 is 13.2. The first-order chi connectivity index (χ1) is 16.9. The molecule has 0 spiro atoms. The van der Waals surface area contributed by atoms with Gasteiger partial charge in [0.05, 0.1) is 5.41 Å². The monoisotopic (exact) mass is 509 g/mol. The maximum Gasteiger partial charge on any atom is 0.247 e. The van der Waals surface area contributed by atoms with Gasteiger partial charge in [0, 0.05) is 33.5 Å². The van der Waals surface area contributed by atoms with Crippen LogP contribution in [0.1, 0.15) is 80.7 Å². The molecule has 0 unspecified atom stereocenters. The van der Waals surface area contributed by atoms with E-state index in [0.717, 1.165) is 49.1 Å². The third-order valence-corrected chi connectivity index (χ3v) is 9.19. The summed E-state index contributed by atoms with van der Waals surface area (Å²) in [6.45, 7) is 4.29. The maximum absolute atomic E-state index is 13.2. The molecule has 182 valence electrons. The zero-order valence-corrected chi connectivity index (χ0v) is 21.4. The lowest BCUT2D eigenvalue weighted by molar-refractivity contribution is -0.131. The van der Waals surface area contributed by atoms with Gasteiger partial charge in [0.15, 0.2) is 0 Å². The van der Waals surface area contributed by atoms with Gasteiger partial charge in [0.1, 0.15) is 0 Å². The summed E-state index contributed by atoms with van der Waals surface area (Å²) in [5.74, 6) is 2.34. The fourth-order valence-corrected chi connectivity index (χ4v) is 7.15. The van der Waals surface area contributed by atoms with Crippen LogP contribution in [0.4, 0.5) is 0 Å². The molecule has 2 aliphatic carbocycles. The zero-order valence-electron chi connectivity index (χ0n) is 19.9. The largest absolute Gasteiger partial charge is 0.420 e. The molecule has 1 aliphatic heterocycles. The number of hydrogen-bond donors (Lipinski definition) is 1. The lowest BCUT2D eigenvalue weighted by Crippen LogP contribution is -2.43. The molecule has 3 fully saturated rings. The standard InChI is InChI=1S/C28H29Cl2N3O2/c1-3-28-13-12-21(23(16-6-9-19(29)10-7-16)24(28)15(2)31-27(28)34)20-11-8-18(14-22(20)30)26-33-32-25(35-26)17-4-5-17/h6-11,14-15,17,21,23-24H,3-5,12-13H2,1-2H3,(H,31,34)/t15-,21+,23+,24+,28-/m1/s1. The van der Waals surface area contributed by atoms with Gasteiger partial charge in [-0.05, 0) is 86.3 Å². The average molecular weight is 510 g/mol. The fourth-order valence-electron chi connectivity index (χ4n) is 6.70. The van der Waals surface area contributed by atoms with Crippen molar-refractivity contribution in [1.82, 2.24) is 15.5 Å². The summed E-state index contributed by atoms with van der Waals surface area (Å²) in [6, 6.07) is 14.3. The number of carbonyl (C=O) groups excluding carboxylic acids is 1. The minimum Gasteiger partial charge on any atom is -0.420 e. The molecule has 2 heterocycles. The molecule has 1 aromatic heterocycles. The molecule has 6 rings (SSSR count). The minimum atomic E-state index is -0.352. The highest BCUT2D eigenvalue weighted by Gasteiger charge is 2.59. The van der Waals surface area contributed by atoms with E-state index in [-0.39, 0.29) is 35.1 Å². The molecule has 5 atom stereocenters. The van der Waals surface area contributed by atoms with E-state index in [9.17, 15) is 4.79 Å². The van der Waals surface area contributed by atoms with Crippen LogP contribution in [0.25, 0.3) is 11.5 Å². The Labute approximate surface area is 215 Å². The molecule has 2 aromatic carbocycles. The molecule has 0 radical (unpaired) electrons. The molecular formula is C28H29Cl2N3O2. The highest BCUT2D eigenvalue weighted by atomic mass is 35.5. The number of rotatable bonds is 5. The summed E-state index contributed by atoms with van der Waals surface area (Å²) in [5, 5.41) is 13.1. The molecule has 0 bridgehead atoms. The van der Waals surface area contributed by atoms with Crippen molar-refractivity contribution in [3.63, 3.8) is 0 Å². The molecule has 1 N–H and O–H groups in total. The van der Waals surface area contributed by atoms with Crippen molar-refractivity contribution in [3.05, 3.63) is 69.5 Å². The van der Waals surface area contributed by atoms with Crippen LogP contribution >= 0.6 is 23.2 Å². The topological polar surface area (TPSA) is 68.0 Å². The van der Waals surface area contributed by atoms with Crippen molar-refractivity contribution in [2.24, 2.45) is 11.3 Å². The van der Waals surface area contributed by atoms with E-state index >= 15 is 0 Å². The van der Waals surface area contributed by atoms with Crippen LogP contribution in [0.2, 0.25) is 10.0 Å². The summed E-state index contributed by atoms with van der Waals surface area (Å²) in [5.41, 5.74) is 2.80. The first-order valence-electron chi connectivity index (χ1n) is 12.6. The predicted octanol–water partition coefficient (Wildman–Crippen LogP) is 7.11. The van der Waals surface area contributed by atoms with Crippen LogP contribution in [0, 0.1) is 11.3 Å². The van der Waals surface area contributed by atoms with Crippen LogP contribution in [0.3, 0.4) is 0 Å². The van der Waals surface area contributed by atoms with E-state index in [1.165, 1.54) is 5.56 Å². The third-order valence-electron chi connectivity index (χ3n) is 8.61. The molecule has 1 amide bonds. The van der Waals surface area contributed by atoms with Crippen molar-refractivity contribution >= 4 is 29.1 Å². The molecule has 1 saturated heterocycles. The Morgan fingerprint density at radius 3 is 2.54 bits per heavy atom. The molecule has 3 aromatic rings. The van der Waals surface area contributed by atoms with Crippen molar-refractivity contribution in [3.8, 4) is 11.5 Å². The van der Waals surface area contributed by atoms with Crippen molar-refractivity contribution in [2.45, 2.75) is 69.7 Å². The van der Waals surface area contributed by atoms with Crippen LogP contribution in [0.15, 0.2) is 46.9 Å². The Morgan fingerprint density at radius 2 is 1.86 bits per heavy atom. The Kier molecular flexibility index (Phi) is 5.69. The SMILES string of the molecule is CC[C@@]12CC[C@@H](c3ccc(-c4nnc(C5CC5)o4)cc3Cl)[C@H](c3ccc(Cl)cc3)[C@@H]1[C@@H](C)NC2=O. The Hall–Kier alpha value is -2.37. The summed E-state index contributed by atoms with van der Waals surface area (Å²) in [7, 11) is 0. The molecule has 2 saturated carbocycles. The Morgan fingerprint density at radius 1 is 1.09 bits per heavy atom. The number of fused-ring (bicyclic) bond motifs is 1. The van der Waals surface area contributed by atoms with E-state index in [0.29, 0.717) is 21.9 Å². The first kappa shape index (κ1) is 23.1. The summed E-state index contributed by atoms with van der Waals surface area (Å²) in [4.78, 5) is 13.2. The van der Waals surface area contributed by atoms with Gasteiger partial charge in [0.2, 0.25) is 17.7 Å². The molecular weight excluding hydrogens is 481 g/mol. The predicted molar refractivity (Wildman–Crippen MR) is 137 cm³/mol. The number of nitrogens with zero attached hydrogens (tertiary/aromatic N) is 2. The van der Waals surface area contributed by atoms with Gasteiger partial charge in [-0.3, -0.25) is 4.79 Å². The van der Waals surface area contributed by atoms with Crippen molar-refractivity contribution in [2.75, 3.05) is 0 Å². The molecule has 5 nitrogen and oxygen atoms in total. The second-order valence-corrected chi connectivity index (χ2v) is 11.3. The van der Waals surface area contributed by atoms with Gasteiger partial charge in [-0.15, -0.1) is 10.2 Å². The summed E-state index contributed by atoms with van der Waals surface area (Å²) in [6.07, 6.45) is 4.81. The van der Waals surface area contributed by atoms with E-state index in [1.807, 2.05) is 24.3 Å². The van der Waals surface area contributed by atoms with E-state index < -0.39 is 0 Å². The van der Waals surface area contributed by atoms with Gasteiger partial charge >= 0.3 is 0 Å². The Balaban J connectivity index is 1.40. The van der Waals surface area contributed by atoms with Gasteiger partial charge in [-0.25, -0.2) is 0 Å². The number of halogens is 2. The number of nitrogens with one attached hydrogen (secondary N) is 1. The number of aromatic nitrogens is 2. The van der Waals surface area contributed by atoms with Crippen LogP contribution < -0.4 is 5.32 Å². The lowest BCUT2D eigenvalue weighted by Gasteiger charge is -2.47. The second-order valence-electron chi connectivity index (χ2n) is 10.5. The number of carbonyl (C=O) groups is 1. The second kappa shape index (κ2) is 8.63. The normalized spacial score (nSPS) is 30.2. The fraction of sp³-hybridized carbons (Fsp3) is 0.464. The van der Waals surface area contributed by atoms with Crippen molar-refractivity contribution in [1.29, 1.82) is 0 Å². The number of hydrogen-bond acceptors (Lipinski definition) is 4. The Bertz CT molecular complexity index is 1270. The van der Waals surface area contributed by atoms with Gasteiger partial charge in [-0.1, -0.05) is 48.3 Å². The van der Waals surface area contributed by atoms with E-state index in [2.05, 4.69) is 47.6 Å². The quantitative estimate of drug-likeness (QED) is 0.397. The number of amides is 1. The van der Waals surface area contributed by atoms with Gasteiger partial charge < -0.3 is 9.73 Å². The average Bonchev–Trinajstić information content (AvgIpc) is 3.53. The third kappa shape index (κ3) is 3.79. The molecule has 35 heavy (non-hydrogen) atoms. The smallest absolute Gasteiger partial charge is 0.247 e. The minimum absolute atomic E-state index is 0.0863. The molecule has 7 heteroatoms.